The monoisotopic (exact) mass is 386 g/mol. The van der Waals surface area contributed by atoms with E-state index in [0.29, 0.717) is 5.92 Å². The molecule has 2 aromatic rings. The second kappa shape index (κ2) is 9.01. The minimum Gasteiger partial charge on any atom is -0.384 e. The van der Waals surface area contributed by atoms with Gasteiger partial charge in [-0.15, -0.1) is 0 Å². The normalized spacial score (nSPS) is 12.5. The first-order valence-corrected chi connectivity index (χ1v) is 9.50. The van der Waals surface area contributed by atoms with Crippen molar-refractivity contribution in [1.82, 2.24) is 14.0 Å². The molecule has 0 fully saturated rings. The van der Waals surface area contributed by atoms with Crippen LogP contribution in [0.2, 0.25) is 0 Å². The topological polar surface area (TPSA) is 90.3 Å². The third kappa shape index (κ3) is 4.78. The van der Waals surface area contributed by atoms with Crippen LogP contribution < -0.4 is 17.0 Å². The second-order valence-electron chi connectivity index (χ2n) is 7.80. The molecule has 1 unspecified atom stereocenters. The molecule has 1 aromatic carbocycles. The zero-order valence-corrected chi connectivity index (χ0v) is 17.3. The lowest BCUT2D eigenvalue weighted by Gasteiger charge is -2.25. The summed E-state index contributed by atoms with van der Waals surface area (Å²) in [5.41, 5.74) is 5.69. The Bertz CT molecular complexity index is 945. The van der Waals surface area contributed by atoms with E-state index in [-0.39, 0.29) is 36.3 Å². The number of hydrogen-bond donors (Lipinski definition) is 1. The van der Waals surface area contributed by atoms with Crippen LogP contribution in [-0.4, -0.2) is 39.5 Å². The number of nitrogen functional groups attached to an aromatic ring is 1. The molecule has 0 amide bonds. The van der Waals surface area contributed by atoms with Crippen molar-refractivity contribution in [1.29, 1.82) is 0 Å². The largest absolute Gasteiger partial charge is 0.384 e. The van der Waals surface area contributed by atoms with E-state index in [9.17, 15) is 14.4 Å². The quantitative estimate of drug-likeness (QED) is 0.698. The van der Waals surface area contributed by atoms with Gasteiger partial charge in [0.15, 0.2) is 5.78 Å². The Kier molecular flexibility index (Phi) is 6.96. The number of nitrogens with two attached hydrogens (primary N) is 1. The number of benzene rings is 1. The zero-order chi connectivity index (χ0) is 21.0. The molecule has 28 heavy (non-hydrogen) atoms. The smallest absolute Gasteiger partial charge is 0.332 e. The van der Waals surface area contributed by atoms with Crippen LogP contribution in [0.5, 0.6) is 0 Å². The first-order chi connectivity index (χ1) is 13.1. The van der Waals surface area contributed by atoms with E-state index in [4.69, 9.17) is 5.73 Å². The van der Waals surface area contributed by atoms with Gasteiger partial charge in [-0.2, -0.15) is 0 Å². The number of aromatic nitrogens is 2. The Morgan fingerprint density at radius 3 is 2.32 bits per heavy atom. The summed E-state index contributed by atoms with van der Waals surface area (Å²) in [5, 5.41) is 0. The Hall–Kier alpha value is -2.67. The first-order valence-electron chi connectivity index (χ1n) is 9.50. The van der Waals surface area contributed by atoms with Crippen LogP contribution in [0.25, 0.3) is 0 Å². The molecule has 0 saturated heterocycles. The van der Waals surface area contributed by atoms with Gasteiger partial charge in [-0.3, -0.25) is 23.6 Å². The summed E-state index contributed by atoms with van der Waals surface area (Å²) in [6.45, 7) is 6.56. The van der Waals surface area contributed by atoms with E-state index in [1.165, 1.54) is 11.6 Å². The average Bonchev–Trinajstić information content (AvgIpc) is 2.64. The maximum absolute atomic E-state index is 12.9. The van der Waals surface area contributed by atoms with Crippen LogP contribution in [0, 0.1) is 5.92 Å². The number of ketones is 1. The molecule has 1 aromatic heterocycles. The second-order valence-corrected chi connectivity index (χ2v) is 7.80. The van der Waals surface area contributed by atoms with Gasteiger partial charge in [0, 0.05) is 13.1 Å². The molecule has 0 aliphatic rings. The minimum absolute atomic E-state index is 0.0663. The summed E-state index contributed by atoms with van der Waals surface area (Å²) in [5.74, 6) is 0.0446. The average molecular weight is 386 g/mol. The molecule has 0 aliphatic carbocycles. The molecule has 0 radical (unpaired) electrons. The Morgan fingerprint density at radius 2 is 1.75 bits per heavy atom. The molecule has 0 saturated carbocycles. The molecule has 1 atom stereocenters. The number of rotatable bonds is 8. The lowest BCUT2D eigenvalue weighted by atomic mass is 10.0. The molecule has 1 heterocycles. The highest BCUT2D eigenvalue weighted by Crippen LogP contribution is 2.13. The molecular weight excluding hydrogens is 356 g/mol. The minimum atomic E-state index is -0.651. The van der Waals surface area contributed by atoms with Crippen molar-refractivity contribution >= 4 is 11.6 Å². The van der Waals surface area contributed by atoms with E-state index in [1.54, 1.807) is 0 Å². The van der Waals surface area contributed by atoms with Gasteiger partial charge in [0.05, 0.1) is 13.1 Å². The number of anilines is 1. The molecule has 2 rings (SSSR count). The Balaban J connectivity index is 2.40. The van der Waals surface area contributed by atoms with Crippen molar-refractivity contribution in [2.45, 2.75) is 39.8 Å². The van der Waals surface area contributed by atoms with Crippen LogP contribution in [0.15, 0.2) is 39.9 Å². The van der Waals surface area contributed by atoms with Crippen LogP contribution in [0.3, 0.4) is 0 Å². The summed E-state index contributed by atoms with van der Waals surface area (Å²) in [4.78, 5) is 40.0. The van der Waals surface area contributed by atoms with Crippen molar-refractivity contribution in [3.63, 3.8) is 0 Å². The third-order valence-electron chi connectivity index (χ3n) is 5.00. The number of likely N-dealkylation sites (N-methyl/N-ethyl adjacent to an activating group) is 1. The summed E-state index contributed by atoms with van der Waals surface area (Å²) in [7, 11) is 3.22. The number of carbonyl (C=O) groups is 1. The summed E-state index contributed by atoms with van der Waals surface area (Å²) in [6.07, 6.45) is 0.935. The van der Waals surface area contributed by atoms with Gasteiger partial charge in [0.2, 0.25) is 0 Å². The van der Waals surface area contributed by atoms with Gasteiger partial charge < -0.3 is 5.73 Å². The fourth-order valence-electron chi connectivity index (χ4n) is 3.29. The van der Waals surface area contributed by atoms with E-state index in [2.05, 4.69) is 13.8 Å². The molecule has 7 heteroatoms. The van der Waals surface area contributed by atoms with Crippen molar-refractivity contribution in [3.8, 4) is 0 Å². The van der Waals surface area contributed by atoms with Gasteiger partial charge >= 0.3 is 5.69 Å². The first kappa shape index (κ1) is 21.6. The van der Waals surface area contributed by atoms with Crippen molar-refractivity contribution < 1.29 is 4.79 Å². The summed E-state index contributed by atoms with van der Waals surface area (Å²) < 4.78 is 2.23. The van der Waals surface area contributed by atoms with Gasteiger partial charge in [0.25, 0.3) is 5.56 Å². The van der Waals surface area contributed by atoms with E-state index >= 15 is 0 Å². The number of hydrogen-bond acceptors (Lipinski definition) is 5. The van der Waals surface area contributed by atoms with E-state index in [0.717, 1.165) is 16.6 Å². The Labute approximate surface area is 165 Å². The lowest BCUT2D eigenvalue weighted by molar-refractivity contribution is 0.0914. The van der Waals surface area contributed by atoms with Gasteiger partial charge in [0.1, 0.15) is 11.4 Å². The maximum Gasteiger partial charge on any atom is 0.332 e. The molecular formula is C21H30N4O3. The molecule has 0 spiro atoms. The van der Waals surface area contributed by atoms with Crippen LogP contribution >= 0.6 is 0 Å². The molecule has 7 nitrogen and oxygen atoms in total. The fourth-order valence-corrected chi connectivity index (χ4v) is 3.29. The van der Waals surface area contributed by atoms with Crippen molar-refractivity contribution in [2.75, 3.05) is 19.3 Å². The zero-order valence-electron chi connectivity index (χ0n) is 17.3. The predicted octanol–water partition coefficient (Wildman–Crippen LogP) is 1.73. The predicted molar refractivity (Wildman–Crippen MR) is 112 cm³/mol. The standard InChI is InChI=1S/C21H30N4O3/c1-14(2)11-15(3)23(4)13-17(26)18-19(22)25(21(28)24(5)20(18)27)12-16-9-7-6-8-10-16/h6-10,14-15H,11-13,22H2,1-5H3. The molecule has 152 valence electrons. The van der Waals surface area contributed by atoms with E-state index < -0.39 is 11.2 Å². The van der Waals surface area contributed by atoms with Crippen LogP contribution in [-0.2, 0) is 13.6 Å². The Morgan fingerprint density at radius 1 is 1.14 bits per heavy atom. The van der Waals surface area contributed by atoms with Crippen LogP contribution in [0.1, 0.15) is 43.1 Å². The third-order valence-corrected chi connectivity index (χ3v) is 5.00. The SMILES string of the molecule is CC(C)CC(C)N(C)CC(=O)c1c(N)n(Cc2ccccc2)c(=O)n(C)c1=O. The number of carbonyl (C=O) groups excluding carboxylic acids is 1. The number of nitrogens with zero attached hydrogens (tertiary/aromatic N) is 3. The highest BCUT2D eigenvalue weighted by Gasteiger charge is 2.24. The van der Waals surface area contributed by atoms with Gasteiger partial charge in [-0.25, -0.2) is 4.79 Å². The van der Waals surface area contributed by atoms with Crippen molar-refractivity contribution in [2.24, 2.45) is 13.0 Å². The molecule has 2 N–H and O–H groups in total. The van der Waals surface area contributed by atoms with Gasteiger partial charge in [-0.1, -0.05) is 44.2 Å². The van der Waals surface area contributed by atoms with Crippen LogP contribution in [0.4, 0.5) is 5.82 Å². The highest BCUT2D eigenvalue weighted by atomic mass is 16.2. The van der Waals surface area contributed by atoms with E-state index in [1.807, 2.05) is 49.2 Å². The van der Waals surface area contributed by atoms with Gasteiger partial charge in [-0.05, 0) is 31.9 Å². The molecule has 0 aliphatic heterocycles. The maximum atomic E-state index is 12.9. The fraction of sp³-hybridized carbons (Fsp3) is 0.476. The summed E-state index contributed by atoms with van der Waals surface area (Å²) in [6, 6.07) is 9.49. The van der Waals surface area contributed by atoms with Crippen molar-refractivity contribution in [3.05, 3.63) is 62.3 Å². The lowest BCUT2D eigenvalue weighted by Crippen LogP contribution is -2.44. The summed E-state index contributed by atoms with van der Waals surface area (Å²) >= 11 is 0. The number of Topliss-reactive ketones (excluding diaryl/α,β-unsaturated/α-hetero) is 1. The molecule has 0 bridgehead atoms. The highest BCUT2D eigenvalue weighted by molar-refractivity contribution is 6.01.